The largest absolute Gasteiger partial charge is 0.223 e. The predicted octanol–water partition coefficient (Wildman–Crippen LogP) is 2.15. The molecular weight excluding hydrogens is 230 g/mol. The molecule has 0 N–H and O–H groups in total. The van der Waals surface area contributed by atoms with Crippen molar-refractivity contribution in [2.24, 2.45) is 5.92 Å². The standard InChI is InChI=1S/C10H21NO2S2/c1-4-9(2)11(7-10-5-6-10)15(12,13)8-14-3/h9-10H,4-8H2,1-3H3/t9-/m0/s1. The highest BCUT2D eigenvalue weighted by molar-refractivity contribution is 8.11. The molecule has 3 nitrogen and oxygen atoms in total. The summed E-state index contributed by atoms with van der Waals surface area (Å²) in [5.74, 6) is 0.621. The van der Waals surface area contributed by atoms with E-state index >= 15 is 0 Å². The fourth-order valence-corrected chi connectivity index (χ4v) is 4.41. The molecule has 0 saturated heterocycles. The van der Waals surface area contributed by atoms with Crippen LogP contribution in [0.15, 0.2) is 0 Å². The van der Waals surface area contributed by atoms with Crippen molar-refractivity contribution >= 4 is 21.8 Å². The first kappa shape index (κ1) is 13.3. The third-order valence-corrected chi connectivity index (χ3v) is 6.20. The first-order chi connectivity index (χ1) is 7.01. The topological polar surface area (TPSA) is 37.4 Å². The average molecular weight is 251 g/mol. The molecule has 0 heterocycles. The van der Waals surface area contributed by atoms with Crippen molar-refractivity contribution < 1.29 is 8.42 Å². The lowest BCUT2D eigenvalue weighted by atomic mass is 10.2. The Morgan fingerprint density at radius 3 is 2.47 bits per heavy atom. The Hall–Kier alpha value is 0.260. The first-order valence-corrected chi connectivity index (χ1v) is 8.50. The molecule has 0 spiro atoms. The van der Waals surface area contributed by atoms with Gasteiger partial charge in [-0.05, 0) is 38.4 Å². The van der Waals surface area contributed by atoms with Gasteiger partial charge in [-0.1, -0.05) is 6.92 Å². The van der Waals surface area contributed by atoms with E-state index in [0.29, 0.717) is 5.92 Å². The van der Waals surface area contributed by atoms with Crippen LogP contribution in [0.3, 0.4) is 0 Å². The molecule has 0 bridgehead atoms. The molecule has 0 amide bonds. The molecular formula is C10H21NO2S2. The summed E-state index contributed by atoms with van der Waals surface area (Å²) in [5.41, 5.74) is 0. The zero-order valence-corrected chi connectivity index (χ0v) is 11.4. The van der Waals surface area contributed by atoms with Gasteiger partial charge in [-0.2, -0.15) is 4.31 Å². The summed E-state index contributed by atoms with van der Waals surface area (Å²) in [6, 6.07) is 0.141. The fourth-order valence-electron chi connectivity index (χ4n) is 1.54. The molecule has 1 fully saturated rings. The molecule has 90 valence electrons. The minimum atomic E-state index is -3.04. The Bertz CT molecular complexity index is 286. The van der Waals surface area contributed by atoms with Gasteiger partial charge in [-0.25, -0.2) is 8.42 Å². The van der Waals surface area contributed by atoms with Gasteiger partial charge in [0.15, 0.2) is 0 Å². The number of thioether (sulfide) groups is 1. The molecule has 5 heteroatoms. The molecule has 1 rings (SSSR count). The van der Waals surface area contributed by atoms with E-state index in [2.05, 4.69) is 0 Å². The maximum absolute atomic E-state index is 12.0. The van der Waals surface area contributed by atoms with Crippen LogP contribution in [0.2, 0.25) is 0 Å². The van der Waals surface area contributed by atoms with Crippen LogP contribution in [0.25, 0.3) is 0 Å². The van der Waals surface area contributed by atoms with Gasteiger partial charge >= 0.3 is 0 Å². The second-order valence-corrected chi connectivity index (χ2v) is 7.44. The maximum atomic E-state index is 12.0. The van der Waals surface area contributed by atoms with Crippen molar-refractivity contribution in [3.05, 3.63) is 0 Å². The van der Waals surface area contributed by atoms with Crippen LogP contribution in [0, 0.1) is 5.92 Å². The second kappa shape index (κ2) is 5.55. The minimum absolute atomic E-state index is 0.141. The number of hydrogen-bond acceptors (Lipinski definition) is 3. The van der Waals surface area contributed by atoms with Crippen LogP contribution in [0.4, 0.5) is 0 Å². The Kier molecular flexibility index (Phi) is 4.93. The smallest absolute Gasteiger partial charge is 0.211 e. The van der Waals surface area contributed by atoms with E-state index in [4.69, 9.17) is 0 Å². The van der Waals surface area contributed by atoms with Crippen molar-refractivity contribution in [1.29, 1.82) is 0 Å². The fraction of sp³-hybridized carbons (Fsp3) is 1.00. The van der Waals surface area contributed by atoms with Gasteiger partial charge < -0.3 is 0 Å². The normalized spacial score (nSPS) is 19.5. The van der Waals surface area contributed by atoms with Gasteiger partial charge in [0.05, 0.1) is 0 Å². The van der Waals surface area contributed by atoms with Crippen LogP contribution in [-0.2, 0) is 10.0 Å². The van der Waals surface area contributed by atoms with Crippen LogP contribution >= 0.6 is 11.8 Å². The van der Waals surface area contributed by atoms with Crippen molar-refractivity contribution in [2.45, 2.75) is 39.2 Å². The van der Waals surface area contributed by atoms with E-state index in [1.165, 1.54) is 24.6 Å². The van der Waals surface area contributed by atoms with Gasteiger partial charge in [-0.3, -0.25) is 0 Å². The minimum Gasteiger partial charge on any atom is -0.211 e. The summed E-state index contributed by atoms with van der Waals surface area (Å²) < 4.78 is 25.7. The van der Waals surface area contributed by atoms with E-state index in [-0.39, 0.29) is 11.1 Å². The molecule has 0 aliphatic heterocycles. The molecule has 1 saturated carbocycles. The molecule has 15 heavy (non-hydrogen) atoms. The summed E-state index contributed by atoms with van der Waals surface area (Å²) in [7, 11) is -3.04. The first-order valence-electron chi connectivity index (χ1n) is 5.49. The number of sulfonamides is 1. The summed E-state index contributed by atoms with van der Waals surface area (Å²) in [6.07, 6.45) is 5.12. The summed E-state index contributed by atoms with van der Waals surface area (Å²) in [5, 5.41) is 0.212. The number of nitrogens with zero attached hydrogens (tertiary/aromatic N) is 1. The summed E-state index contributed by atoms with van der Waals surface area (Å²) in [6.45, 7) is 4.78. The van der Waals surface area contributed by atoms with Crippen LogP contribution in [0.1, 0.15) is 33.1 Å². The maximum Gasteiger partial charge on any atom is 0.223 e. The van der Waals surface area contributed by atoms with Crippen LogP contribution < -0.4 is 0 Å². The van der Waals surface area contributed by atoms with E-state index in [1.54, 1.807) is 4.31 Å². The molecule has 0 unspecified atom stereocenters. The van der Waals surface area contributed by atoms with Gasteiger partial charge in [0.1, 0.15) is 5.08 Å². The van der Waals surface area contributed by atoms with Crippen LogP contribution in [-0.4, -0.2) is 36.7 Å². The average Bonchev–Trinajstić information content (AvgIpc) is 2.96. The molecule has 0 aromatic heterocycles. The molecule has 1 aliphatic carbocycles. The highest BCUT2D eigenvalue weighted by Crippen LogP contribution is 2.32. The Morgan fingerprint density at radius 1 is 1.47 bits per heavy atom. The van der Waals surface area contributed by atoms with E-state index < -0.39 is 10.0 Å². The highest BCUT2D eigenvalue weighted by Gasteiger charge is 2.32. The lowest BCUT2D eigenvalue weighted by Crippen LogP contribution is -2.40. The van der Waals surface area contributed by atoms with Crippen molar-refractivity contribution in [3.63, 3.8) is 0 Å². The SMILES string of the molecule is CC[C@H](C)N(CC1CC1)S(=O)(=O)CSC. The molecule has 1 aliphatic rings. The van der Waals surface area contributed by atoms with E-state index in [1.807, 2.05) is 20.1 Å². The van der Waals surface area contributed by atoms with Gasteiger partial charge in [-0.15, -0.1) is 11.8 Å². The lowest BCUT2D eigenvalue weighted by molar-refractivity contribution is 0.320. The van der Waals surface area contributed by atoms with Crippen molar-refractivity contribution in [3.8, 4) is 0 Å². The predicted molar refractivity (Wildman–Crippen MR) is 66.5 cm³/mol. The zero-order valence-electron chi connectivity index (χ0n) is 9.77. The van der Waals surface area contributed by atoms with Crippen molar-refractivity contribution in [2.75, 3.05) is 17.9 Å². The monoisotopic (exact) mass is 251 g/mol. The van der Waals surface area contributed by atoms with Gasteiger partial charge in [0, 0.05) is 12.6 Å². The van der Waals surface area contributed by atoms with Gasteiger partial charge in [0.2, 0.25) is 10.0 Å². The van der Waals surface area contributed by atoms with E-state index in [9.17, 15) is 8.42 Å². The molecule has 0 aromatic rings. The highest BCUT2D eigenvalue weighted by atomic mass is 32.3. The van der Waals surface area contributed by atoms with Gasteiger partial charge in [0.25, 0.3) is 0 Å². The third-order valence-electron chi connectivity index (χ3n) is 2.84. The third kappa shape index (κ3) is 3.96. The molecule has 0 radical (unpaired) electrons. The van der Waals surface area contributed by atoms with E-state index in [0.717, 1.165) is 13.0 Å². The number of hydrogen-bond donors (Lipinski definition) is 0. The second-order valence-electron chi connectivity index (χ2n) is 4.29. The number of rotatable bonds is 7. The summed E-state index contributed by atoms with van der Waals surface area (Å²) >= 11 is 1.38. The lowest BCUT2D eigenvalue weighted by Gasteiger charge is -2.27. The molecule has 0 aromatic carbocycles. The zero-order chi connectivity index (χ0) is 11.5. The van der Waals surface area contributed by atoms with Crippen LogP contribution in [0.5, 0.6) is 0 Å². The Labute approximate surface area is 97.7 Å². The summed E-state index contributed by atoms with van der Waals surface area (Å²) in [4.78, 5) is 0. The Balaban J connectivity index is 2.68. The Morgan fingerprint density at radius 2 is 2.07 bits per heavy atom. The molecule has 1 atom stereocenters. The quantitative estimate of drug-likeness (QED) is 0.696. The van der Waals surface area contributed by atoms with Crippen molar-refractivity contribution in [1.82, 2.24) is 4.31 Å².